The van der Waals surface area contributed by atoms with E-state index in [0.29, 0.717) is 0 Å². The van der Waals surface area contributed by atoms with Gasteiger partial charge in [0, 0.05) is 12.1 Å². The zero-order valence-corrected chi connectivity index (χ0v) is 11.1. The second-order valence-corrected chi connectivity index (χ2v) is 5.04. The minimum Gasteiger partial charge on any atom is -0.476 e. The summed E-state index contributed by atoms with van der Waals surface area (Å²) in [7, 11) is 0. The summed E-state index contributed by atoms with van der Waals surface area (Å²) in [4.78, 5) is 24.8. The standard InChI is InChI=1S/C12H18N4O3/c1-8-4-3-5-9(2)16(8)11(17)7-15-6-10(12(18)19)13-14-15/h6,8-9H,3-5,7H2,1-2H3,(H,18,19)/t8-,9+. The molecule has 19 heavy (non-hydrogen) atoms. The normalized spacial score (nSPS) is 23.4. The number of carboxylic acid groups (broad SMARTS) is 1. The van der Waals surface area contributed by atoms with E-state index in [-0.39, 0.29) is 30.2 Å². The molecule has 1 amide bonds. The van der Waals surface area contributed by atoms with E-state index < -0.39 is 5.97 Å². The van der Waals surface area contributed by atoms with Crippen LogP contribution in [0.4, 0.5) is 0 Å². The van der Waals surface area contributed by atoms with Crippen LogP contribution in [0.5, 0.6) is 0 Å². The molecular weight excluding hydrogens is 248 g/mol. The Bertz CT molecular complexity index is 475. The molecule has 7 nitrogen and oxygen atoms in total. The second-order valence-electron chi connectivity index (χ2n) is 5.04. The summed E-state index contributed by atoms with van der Waals surface area (Å²) in [5.74, 6) is -1.18. The smallest absolute Gasteiger partial charge is 0.358 e. The summed E-state index contributed by atoms with van der Waals surface area (Å²) in [5, 5.41) is 15.9. The molecule has 0 aromatic carbocycles. The Hall–Kier alpha value is -1.92. The fourth-order valence-corrected chi connectivity index (χ4v) is 2.61. The Morgan fingerprint density at radius 3 is 2.53 bits per heavy atom. The Labute approximate surface area is 111 Å². The van der Waals surface area contributed by atoms with E-state index in [1.807, 2.05) is 18.7 Å². The van der Waals surface area contributed by atoms with Gasteiger partial charge in [0.05, 0.1) is 6.20 Å². The summed E-state index contributed by atoms with van der Waals surface area (Å²) in [6, 6.07) is 0.442. The first kappa shape index (κ1) is 13.5. The van der Waals surface area contributed by atoms with E-state index in [0.717, 1.165) is 19.3 Å². The molecule has 0 aliphatic carbocycles. The third-order valence-corrected chi connectivity index (χ3v) is 3.54. The fourth-order valence-electron chi connectivity index (χ4n) is 2.61. The van der Waals surface area contributed by atoms with Gasteiger partial charge in [-0.05, 0) is 33.1 Å². The largest absolute Gasteiger partial charge is 0.476 e. The highest BCUT2D eigenvalue weighted by molar-refractivity contribution is 5.84. The van der Waals surface area contributed by atoms with Crippen molar-refractivity contribution in [3.05, 3.63) is 11.9 Å². The molecule has 0 unspecified atom stereocenters. The first-order valence-corrected chi connectivity index (χ1v) is 6.43. The lowest BCUT2D eigenvalue weighted by Crippen LogP contribution is -2.48. The molecule has 1 saturated heterocycles. The summed E-state index contributed by atoms with van der Waals surface area (Å²) in [6.45, 7) is 4.12. The maximum Gasteiger partial charge on any atom is 0.358 e. The van der Waals surface area contributed by atoms with Crippen LogP contribution in [-0.4, -0.2) is 49.0 Å². The number of rotatable bonds is 3. The average molecular weight is 266 g/mol. The third kappa shape index (κ3) is 2.91. The Balaban J connectivity index is 2.05. The van der Waals surface area contributed by atoms with Crippen LogP contribution in [-0.2, 0) is 11.3 Å². The molecule has 0 saturated carbocycles. The van der Waals surface area contributed by atoms with Crippen molar-refractivity contribution in [1.29, 1.82) is 0 Å². The summed E-state index contributed by atoms with van der Waals surface area (Å²) < 4.78 is 1.28. The van der Waals surface area contributed by atoms with Gasteiger partial charge < -0.3 is 10.0 Å². The summed E-state index contributed by atoms with van der Waals surface area (Å²) in [5.41, 5.74) is -0.146. The Morgan fingerprint density at radius 1 is 1.37 bits per heavy atom. The van der Waals surface area contributed by atoms with Crippen LogP contribution in [0, 0.1) is 0 Å². The van der Waals surface area contributed by atoms with Crippen LogP contribution >= 0.6 is 0 Å². The van der Waals surface area contributed by atoms with E-state index in [1.54, 1.807) is 0 Å². The molecule has 2 atom stereocenters. The van der Waals surface area contributed by atoms with E-state index in [9.17, 15) is 9.59 Å². The number of likely N-dealkylation sites (tertiary alicyclic amines) is 1. The quantitative estimate of drug-likeness (QED) is 0.872. The van der Waals surface area contributed by atoms with Crippen LogP contribution in [0.3, 0.4) is 0 Å². The molecule has 1 aromatic rings. The molecule has 0 radical (unpaired) electrons. The van der Waals surface area contributed by atoms with E-state index in [2.05, 4.69) is 10.3 Å². The third-order valence-electron chi connectivity index (χ3n) is 3.54. The van der Waals surface area contributed by atoms with E-state index >= 15 is 0 Å². The number of aromatic carboxylic acids is 1. The summed E-state index contributed by atoms with van der Waals surface area (Å²) in [6.07, 6.45) is 4.43. The van der Waals surface area contributed by atoms with Crippen LogP contribution in [0.1, 0.15) is 43.6 Å². The van der Waals surface area contributed by atoms with Crippen molar-refractivity contribution < 1.29 is 14.7 Å². The van der Waals surface area contributed by atoms with Crippen LogP contribution in [0.25, 0.3) is 0 Å². The molecular formula is C12H18N4O3. The summed E-state index contributed by atoms with van der Waals surface area (Å²) >= 11 is 0. The molecule has 0 spiro atoms. The highest BCUT2D eigenvalue weighted by atomic mass is 16.4. The van der Waals surface area contributed by atoms with Crippen molar-refractivity contribution in [2.24, 2.45) is 0 Å². The zero-order chi connectivity index (χ0) is 14.0. The van der Waals surface area contributed by atoms with Crippen molar-refractivity contribution >= 4 is 11.9 Å². The fraction of sp³-hybridized carbons (Fsp3) is 0.667. The number of hydrogen-bond acceptors (Lipinski definition) is 4. The number of carbonyl (C=O) groups excluding carboxylic acids is 1. The van der Waals surface area contributed by atoms with Gasteiger partial charge in [-0.15, -0.1) is 5.10 Å². The number of hydrogen-bond donors (Lipinski definition) is 1. The molecule has 1 aliphatic heterocycles. The van der Waals surface area contributed by atoms with Crippen molar-refractivity contribution in [3.63, 3.8) is 0 Å². The van der Waals surface area contributed by atoms with Crippen LogP contribution in [0.2, 0.25) is 0 Å². The molecule has 1 N–H and O–H groups in total. The number of carbonyl (C=O) groups is 2. The lowest BCUT2D eigenvalue weighted by Gasteiger charge is -2.39. The van der Waals surface area contributed by atoms with E-state index in [1.165, 1.54) is 10.9 Å². The molecule has 1 fully saturated rings. The van der Waals surface area contributed by atoms with Gasteiger partial charge in [-0.3, -0.25) is 4.79 Å². The molecule has 0 bridgehead atoms. The van der Waals surface area contributed by atoms with Gasteiger partial charge in [0.25, 0.3) is 0 Å². The number of amides is 1. The molecule has 1 aliphatic rings. The predicted molar refractivity (Wildman–Crippen MR) is 66.6 cm³/mol. The van der Waals surface area contributed by atoms with Gasteiger partial charge >= 0.3 is 5.97 Å². The first-order valence-electron chi connectivity index (χ1n) is 6.43. The Kier molecular flexibility index (Phi) is 3.82. The first-order chi connectivity index (χ1) is 8.99. The highest BCUT2D eigenvalue weighted by Crippen LogP contribution is 2.22. The van der Waals surface area contributed by atoms with Crippen LogP contribution in [0.15, 0.2) is 6.20 Å². The van der Waals surface area contributed by atoms with Gasteiger partial charge in [-0.25, -0.2) is 9.48 Å². The number of aromatic nitrogens is 3. The van der Waals surface area contributed by atoms with Gasteiger partial charge in [0.1, 0.15) is 6.54 Å². The van der Waals surface area contributed by atoms with Crippen molar-refractivity contribution in [2.75, 3.05) is 0 Å². The van der Waals surface area contributed by atoms with Gasteiger partial charge in [0.2, 0.25) is 5.91 Å². The molecule has 2 heterocycles. The molecule has 7 heteroatoms. The van der Waals surface area contributed by atoms with Crippen molar-refractivity contribution in [1.82, 2.24) is 19.9 Å². The van der Waals surface area contributed by atoms with Gasteiger partial charge in [0.15, 0.2) is 5.69 Å². The topological polar surface area (TPSA) is 88.3 Å². The Morgan fingerprint density at radius 2 is 2.00 bits per heavy atom. The van der Waals surface area contributed by atoms with E-state index in [4.69, 9.17) is 5.11 Å². The molecule has 104 valence electrons. The molecule has 2 rings (SSSR count). The number of nitrogens with zero attached hydrogens (tertiary/aromatic N) is 4. The number of carboxylic acids is 1. The lowest BCUT2D eigenvalue weighted by atomic mass is 9.97. The zero-order valence-electron chi connectivity index (χ0n) is 11.1. The number of piperidine rings is 1. The molecule has 1 aromatic heterocycles. The minimum absolute atomic E-state index is 0.0367. The second kappa shape index (κ2) is 5.38. The maximum absolute atomic E-state index is 12.3. The minimum atomic E-state index is -1.14. The lowest BCUT2D eigenvalue weighted by molar-refractivity contribution is -0.138. The monoisotopic (exact) mass is 266 g/mol. The van der Waals surface area contributed by atoms with Crippen molar-refractivity contribution in [2.45, 2.75) is 51.7 Å². The van der Waals surface area contributed by atoms with Gasteiger partial charge in [-0.2, -0.15) is 0 Å². The van der Waals surface area contributed by atoms with Crippen LogP contribution < -0.4 is 0 Å². The predicted octanol–water partition coefficient (Wildman–Crippen LogP) is 0.766. The maximum atomic E-state index is 12.3. The van der Waals surface area contributed by atoms with Gasteiger partial charge in [-0.1, -0.05) is 5.21 Å². The van der Waals surface area contributed by atoms with Crippen molar-refractivity contribution in [3.8, 4) is 0 Å². The average Bonchev–Trinajstić information content (AvgIpc) is 2.77. The highest BCUT2D eigenvalue weighted by Gasteiger charge is 2.29. The SMILES string of the molecule is C[C@@H]1CCC[C@H](C)N1C(=O)Cn1cc(C(=O)O)nn1.